The number of aryl methyl sites for hydroxylation is 1. The number of fused-ring (bicyclic) bond motifs is 1. The minimum Gasteiger partial charge on any atom is -0.455 e. The Morgan fingerprint density at radius 1 is 1.26 bits per heavy atom. The Bertz CT molecular complexity index is 1550. The van der Waals surface area contributed by atoms with Gasteiger partial charge < -0.3 is 20.7 Å². The van der Waals surface area contributed by atoms with Gasteiger partial charge in [0.2, 0.25) is 5.95 Å². The number of halogens is 3. The lowest BCUT2D eigenvalue weighted by Gasteiger charge is -2.20. The first-order valence-corrected chi connectivity index (χ1v) is 10.8. The van der Waals surface area contributed by atoms with E-state index in [2.05, 4.69) is 20.4 Å². The van der Waals surface area contributed by atoms with Crippen LogP contribution < -0.4 is 16.5 Å². The van der Waals surface area contributed by atoms with Gasteiger partial charge in [0.25, 0.3) is 0 Å². The van der Waals surface area contributed by atoms with Gasteiger partial charge in [-0.3, -0.25) is 4.79 Å². The lowest BCUT2D eigenvalue weighted by Crippen LogP contribution is -2.19. The minimum atomic E-state index is -0.965. The molecule has 0 saturated carbocycles. The molecule has 0 spiro atoms. The molecule has 11 heteroatoms. The van der Waals surface area contributed by atoms with Crippen molar-refractivity contribution in [3.05, 3.63) is 86.1 Å². The van der Waals surface area contributed by atoms with Crippen molar-refractivity contribution in [1.29, 1.82) is 0 Å². The SMILES string of the molecule is Cc1cc([C@@H](C)Nc2ccc(Cl)nc2/C(N)=N/O)c2oc(-c3cc(F)cnc3F)c(C)c(=O)c2c1. The van der Waals surface area contributed by atoms with Gasteiger partial charge in [0.05, 0.1) is 28.9 Å². The summed E-state index contributed by atoms with van der Waals surface area (Å²) in [6.45, 7) is 5.10. The molecule has 0 radical (unpaired) electrons. The average molecular weight is 500 g/mol. The molecule has 180 valence electrons. The van der Waals surface area contributed by atoms with Gasteiger partial charge in [-0.1, -0.05) is 22.8 Å². The van der Waals surface area contributed by atoms with Crippen molar-refractivity contribution in [3.8, 4) is 11.3 Å². The van der Waals surface area contributed by atoms with E-state index in [9.17, 15) is 13.6 Å². The fourth-order valence-electron chi connectivity index (χ4n) is 3.83. The summed E-state index contributed by atoms with van der Waals surface area (Å²) < 4.78 is 34.3. The van der Waals surface area contributed by atoms with Gasteiger partial charge in [-0.05, 0) is 50.6 Å². The van der Waals surface area contributed by atoms with Gasteiger partial charge in [-0.15, -0.1) is 0 Å². The monoisotopic (exact) mass is 499 g/mol. The molecule has 0 bridgehead atoms. The number of hydrogen-bond acceptors (Lipinski definition) is 7. The molecule has 8 nitrogen and oxygen atoms in total. The summed E-state index contributed by atoms with van der Waals surface area (Å²) in [5.41, 5.74) is 7.29. The predicted octanol–water partition coefficient (Wildman–Crippen LogP) is 5.07. The molecule has 0 saturated heterocycles. The maximum atomic E-state index is 14.5. The molecule has 3 heterocycles. The molecule has 1 aromatic carbocycles. The number of rotatable bonds is 5. The second kappa shape index (κ2) is 9.30. The number of oxime groups is 1. The van der Waals surface area contributed by atoms with E-state index in [-0.39, 0.29) is 50.0 Å². The van der Waals surface area contributed by atoms with Crippen molar-refractivity contribution in [2.24, 2.45) is 10.9 Å². The van der Waals surface area contributed by atoms with Crippen LogP contribution in [0.25, 0.3) is 22.3 Å². The quantitative estimate of drug-likeness (QED) is 0.115. The fourth-order valence-corrected chi connectivity index (χ4v) is 3.98. The number of amidine groups is 1. The number of pyridine rings is 2. The van der Waals surface area contributed by atoms with Gasteiger partial charge in [-0.2, -0.15) is 4.39 Å². The Kier molecular flexibility index (Phi) is 6.40. The molecule has 0 unspecified atom stereocenters. The van der Waals surface area contributed by atoms with E-state index in [1.165, 1.54) is 13.0 Å². The van der Waals surface area contributed by atoms with E-state index in [1.54, 1.807) is 25.1 Å². The number of benzene rings is 1. The molecule has 3 aromatic heterocycles. The third kappa shape index (κ3) is 4.52. The van der Waals surface area contributed by atoms with Crippen molar-refractivity contribution >= 4 is 34.1 Å². The van der Waals surface area contributed by atoms with E-state index < -0.39 is 17.8 Å². The van der Waals surface area contributed by atoms with E-state index >= 15 is 0 Å². The van der Waals surface area contributed by atoms with Crippen LogP contribution in [0.15, 0.2) is 50.9 Å². The highest BCUT2D eigenvalue weighted by atomic mass is 35.5. The normalized spacial score (nSPS) is 12.7. The molecular weight excluding hydrogens is 480 g/mol. The fraction of sp³-hybridized carbons (Fsp3) is 0.167. The van der Waals surface area contributed by atoms with Gasteiger partial charge in [-0.25, -0.2) is 14.4 Å². The summed E-state index contributed by atoms with van der Waals surface area (Å²) in [6, 6.07) is 7.03. The summed E-state index contributed by atoms with van der Waals surface area (Å²) >= 11 is 5.96. The van der Waals surface area contributed by atoms with Crippen LogP contribution in [0.2, 0.25) is 5.15 Å². The summed E-state index contributed by atoms with van der Waals surface area (Å²) in [7, 11) is 0. The maximum Gasteiger partial charge on any atom is 0.224 e. The topological polar surface area (TPSA) is 127 Å². The molecule has 4 rings (SSSR count). The third-order valence-electron chi connectivity index (χ3n) is 5.49. The van der Waals surface area contributed by atoms with Crippen LogP contribution in [-0.2, 0) is 0 Å². The van der Waals surface area contributed by atoms with E-state index in [0.29, 0.717) is 11.3 Å². The largest absolute Gasteiger partial charge is 0.455 e. The standard InChI is InChI=1S/C24H20ClF2N5O3/c1-10-6-14(12(3)30-17-4-5-18(25)31-19(17)24(28)32-34)22-15(7-10)20(33)11(2)21(35-22)16-8-13(26)9-29-23(16)27/h4-9,12,30,34H,1-3H3,(H2,28,32)/t12-/m1/s1. The van der Waals surface area contributed by atoms with Crippen LogP contribution in [0, 0.1) is 25.6 Å². The van der Waals surface area contributed by atoms with Gasteiger partial charge in [0.15, 0.2) is 11.3 Å². The van der Waals surface area contributed by atoms with Crippen LogP contribution >= 0.6 is 11.6 Å². The number of nitrogens with two attached hydrogens (primary N) is 1. The van der Waals surface area contributed by atoms with Crippen LogP contribution in [0.3, 0.4) is 0 Å². The number of aromatic nitrogens is 2. The smallest absolute Gasteiger partial charge is 0.224 e. The summed E-state index contributed by atoms with van der Waals surface area (Å²) in [4.78, 5) is 20.7. The first-order valence-electron chi connectivity index (χ1n) is 10.4. The van der Waals surface area contributed by atoms with Gasteiger partial charge in [0, 0.05) is 11.1 Å². The minimum absolute atomic E-state index is 0.116. The summed E-state index contributed by atoms with van der Waals surface area (Å²) in [6.07, 6.45) is 0.743. The number of nitrogens with one attached hydrogen (secondary N) is 1. The Labute approximate surface area is 203 Å². The third-order valence-corrected chi connectivity index (χ3v) is 5.70. The van der Waals surface area contributed by atoms with Crippen molar-refractivity contribution in [2.45, 2.75) is 26.8 Å². The van der Waals surface area contributed by atoms with Gasteiger partial charge in [0.1, 0.15) is 28.0 Å². The van der Waals surface area contributed by atoms with E-state index in [4.69, 9.17) is 27.0 Å². The van der Waals surface area contributed by atoms with Crippen molar-refractivity contribution in [3.63, 3.8) is 0 Å². The predicted molar refractivity (Wildman–Crippen MR) is 129 cm³/mol. The molecule has 1 atom stereocenters. The number of anilines is 1. The lowest BCUT2D eigenvalue weighted by atomic mass is 9.99. The Morgan fingerprint density at radius 3 is 2.71 bits per heavy atom. The first-order chi connectivity index (χ1) is 16.6. The van der Waals surface area contributed by atoms with Crippen LogP contribution in [0.1, 0.15) is 35.3 Å². The van der Waals surface area contributed by atoms with E-state index in [0.717, 1.165) is 17.8 Å². The van der Waals surface area contributed by atoms with Crippen molar-refractivity contribution < 1.29 is 18.4 Å². The van der Waals surface area contributed by atoms with Crippen LogP contribution in [0.5, 0.6) is 0 Å². The van der Waals surface area contributed by atoms with Gasteiger partial charge >= 0.3 is 0 Å². The summed E-state index contributed by atoms with van der Waals surface area (Å²) in [5, 5.41) is 15.7. The molecule has 35 heavy (non-hydrogen) atoms. The Hall–Kier alpha value is -4.05. The molecule has 0 aliphatic carbocycles. The van der Waals surface area contributed by atoms with Crippen LogP contribution in [0.4, 0.5) is 14.5 Å². The second-order valence-corrected chi connectivity index (χ2v) is 8.38. The molecule has 4 N–H and O–H groups in total. The second-order valence-electron chi connectivity index (χ2n) is 7.99. The number of nitrogens with zero attached hydrogens (tertiary/aromatic N) is 3. The molecule has 0 fully saturated rings. The Balaban J connectivity index is 1.91. The average Bonchev–Trinajstić information content (AvgIpc) is 2.83. The number of hydrogen-bond donors (Lipinski definition) is 3. The summed E-state index contributed by atoms with van der Waals surface area (Å²) in [5.74, 6) is -2.11. The van der Waals surface area contributed by atoms with Crippen molar-refractivity contribution in [1.82, 2.24) is 9.97 Å². The molecule has 0 aliphatic rings. The lowest BCUT2D eigenvalue weighted by molar-refractivity contribution is 0.318. The maximum absolute atomic E-state index is 14.5. The zero-order valence-electron chi connectivity index (χ0n) is 18.9. The molecule has 4 aromatic rings. The Morgan fingerprint density at radius 2 is 2.00 bits per heavy atom. The molecule has 0 aliphatic heterocycles. The molecule has 0 amide bonds. The highest BCUT2D eigenvalue weighted by molar-refractivity contribution is 6.29. The molecular formula is C24H20ClF2N5O3. The van der Waals surface area contributed by atoms with E-state index in [1.807, 2.05) is 6.92 Å². The van der Waals surface area contributed by atoms with Crippen molar-refractivity contribution in [2.75, 3.05) is 5.32 Å². The zero-order chi connectivity index (χ0) is 25.4. The zero-order valence-corrected chi connectivity index (χ0v) is 19.6. The van der Waals surface area contributed by atoms with Crippen LogP contribution in [-0.4, -0.2) is 21.0 Å². The highest BCUT2D eigenvalue weighted by Crippen LogP contribution is 2.33. The highest BCUT2D eigenvalue weighted by Gasteiger charge is 2.22. The first kappa shape index (κ1) is 24.1.